The zero-order chi connectivity index (χ0) is 13.5. The molecule has 0 radical (unpaired) electrons. The highest BCUT2D eigenvalue weighted by Crippen LogP contribution is 2.09. The Balaban J connectivity index is 1.83. The highest BCUT2D eigenvalue weighted by Gasteiger charge is 2.05. The molecule has 19 heavy (non-hydrogen) atoms. The fourth-order valence-electron chi connectivity index (χ4n) is 1.92. The highest BCUT2D eigenvalue weighted by molar-refractivity contribution is 5.70. The Bertz CT molecular complexity index is 523. The number of hydrogen-bond acceptors (Lipinski definition) is 3. The minimum atomic E-state index is -0.800. The summed E-state index contributed by atoms with van der Waals surface area (Å²) in [4.78, 5) is 14.8. The van der Waals surface area contributed by atoms with Crippen LogP contribution in [-0.2, 0) is 24.3 Å². The Morgan fingerprint density at radius 3 is 2.79 bits per heavy atom. The lowest BCUT2D eigenvalue weighted by Gasteiger charge is -2.09. The van der Waals surface area contributed by atoms with Crippen molar-refractivity contribution in [2.24, 2.45) is 0 Å². The van der Waals surface area contributed by atoms with E-state index in [1.165, 1.54) is 0 Å². The van der Waals surface area contributed by atoms with Crippen molar-refractivity contribution in [2.75, 3.05) is 6.54 Å². The van der Waals surface area contributed by atoms with Gasteiger partial charge in [-0.25, -0.2) is 4.98 Å². The first-order valence-electron chi connectivity index (χ1n) is 6.21. The van der Waals surface area contributed by atoms with Crippen molar-refractivity contribution >= 4 is 5.97 Å². The summed E-state index contributed by atoms with van der Waals surface area (Å²) >= 11 is 0. The molecule has 100 valence electrons. The van der Waals surface area contributed by atoms with Crippen LogP contribution in [0.25, 0.3) is 0 Å². The first-order valence-corrected chi connectivity index (χ1v) is 6.21. The van der Waals surface area contributed by atoms with Crippen LogP contribution in [0.3, 0.4) is 0 Å². The van der Waals surface area contributed by atoms with Crippen molar-refractivity contribution in [1.29, 1.82) is 0 Å². The molecule has 0 spiro atoms. The second kappa shape index (κ2) is 6.70. The molecule has 0 unspecified atom stereocenters. The van der Waals surface area contributed by atoms with Crippen LogP contribution in [-0.4, -0.2) is 27.2 Å². The highest BCUT2D eigenvalue weighted by atomic mass is 16.4. The maximum absolute atomic E-state index is 10.8. The summed E-state index contributed by atoms with van der Waals surface area (Å²) in [6.45, 7) is 2.34. The molecule has 0 bridgehead atoms. The molecule has 5 heteroatoms. The van der Waals surface area contributed by atoms with Gasteiger partial charge in [0.2, 0.25) is 0 Å². The number of nitrogens with zero attached hydrogens (tertiary/aromatic N) is 2. The van der Waals surface area contributed by atoms with Gasteiger partial charge in [-0.1, -0.05) is 24.3 Å². The molecule has 1 aromatic heterocycles. The molecule has 0 fully saturated rings. The van der Waals surface area contributed by atoms with Crippen LogP contribution in [0, 0.1) is 0 Å². The summed E-state index contributed by atoms with van der Waals surface area (Å²) in [7, 11) is 0. The van der Waals surface area contributed by atoms with E-state index in [1.54, 1.807) is 12.5 Å². The van der Waals surface area contributed by atoms with Crippen LogP contribution in [0.4, 0.5) is 0 Å². The molecular formula is C14H17N3O2. The first-order chi connectivity index (χ1) is 9.25. The van der Waals surface area contributed by atoms with E-state index >= 15 is 0 Å². The van der Waals surface area contributed by atoms with Gasteiger partial charge in [0.15, 0.2) is 0 Å². The topological polar surface area (TPSA) is 67.2 Å². The van der Waals surface area contributed by atoms with Crippen molar-refractivity contribution in [3.05, 3.63) is 54.1 Å². The van der Waals surface area contributed by atoms with Gasteiger partial charge in [0.05, 0.1) is 12.7 Å². The second-order valence-electron chi connectivity index (χ2n) is 4.32. The largest absolute Gasteiger partial charge is 0.481 e. The average molecular weight is 259 g/mol. The molecule has 0 atom stereocenters. The zero-order valence-electron chi connectivity index (χ0n) is 10.6. The van der Waals surface area contributed by atoms with Gasteiger partial charge in [0.1, 0.15) is 0 Å². The standard InChI is InChI=1S/C14H17N3O2/c18-14(19)9-12-3-1-2-4-13(12)10-15-5-7-17-8-6-16-11-17/h1-4,6,8,11,15H,5,7,9-10H2,(H,18,19). The van der Waals surface area contributed by atoms with E-state index in [9.17, 15) is 4.79 Å². The number of carboxylic acid groups (broad SMARTS) is 1. The molecule has 2 rings (SSSR count). The van der Waals surface area contributed by atoms with Crippen LogP contribution in [0.5, 0.6) is 0 Å². The number of carbonyl (C=O) groups is 1. The van der Waals surface area contributed by atoms with Gasteiger partial charge < -0.3 is 15.0 Å². The third-order valence-electron chi connectivity index (χ3n) is 2.88. The Labute approximate surface area is 111 Å². The van der Waals surface area contributed by atoms with Gasteiger partial charge in [-0.3, -0.25) is 4.79 Å². The van der Waals surface area contributed by atoms with E-state index < -0.39 is 5.97 Å². The van der Waals surface area contributed by atoms with E-state index in [2.05, 4.69) is 10.3 Å². The van der Waals surface area contributed by atoms with Crippen LogP contribution >= 0.6 is 0 Å². The maximum Gasteiger partial charge on any atom is 0.307 e. The molecule has 2 aromatic rings. The van der Waals surface area contributed by atoms with Crippen molar-refractivity contribution in [3.63, 3.8) is 0 Å². The Morgan fingerprint density at radius 1 is 1.32 bits per heavy atom. The van der Waals surface area contributed by atoms with E-state index in [0.29, 0.717) is 6.54 Å². The minimum Gasteiger partial charge on any atom is -0.481 e. The lowest BCUT2D eigenvalue weighted by Crippen LogP contribution is -2.20. The van der Waals surface area contributed by atoms with Crippen LogP contribution in [0.15, 0.2) is 43.0 Å². The molecule has 2 N–H and O–H groups in total. The average Bonchev–Trinajstić information content (AvgIpc) is 2.89. The Kier molecular flexibility index (Phi) is 4.69. The van der Waals surface area contributed by atoms with Gasteiger partial charge in [-0.2, -0.15) is 0 Å². The number of aromatic nitrogens is 2. The van der Waals surface area contributed by atoms with E-state index in [0.717, 1.165) is 24.2 Å². The monoisotopic (exact) mass is 259 g/mol. The molecule has 1 aromatic carbocycles. The molecule has 5 nitrogen and oxygen atoms in total. The summed E-state index contributed by atoms with van der Waals surface area (Å²) < 4.78 is 2.00. The number of rotatable bonds is 7. The van der Waals surface area contributed by atoms with Gasteiger partial charge in [-0.15, -0.1) is 0 Å². The van der Waals surface area contributed by atoms with E-state index in [1.807, 2.05) is 35.0 Å². The lowest BCUT2D eigenvalue weighted by molar-refractivity contribution is -0.136. The summed E-state index contributed by atoms with van der Waals surface area (Å²) in [6.07, 6.45) is 5.52. The second-order valence-corrected chi connectivity index (χ2v) is 4.32. The Morgan fingerprint density at radius 2 is 2.11 bits per heavy atom. The first kappa shape index (κ1) is 13.3. The quantitative estimate of drug-likeness (QED) is 0.735. The summed E-state index contributed by atoms with van der Waals surface area (Å²) in [5.41, 5.74) is 1.90. The van der Waals surface area contributed by atoms with E-state index in [4.69, 9.17) is 5.11 Å². The molecule has 0 aliphatic heterocycles. The fourth-order valence-corrected chi connectivity index (χ4v) is 1.92. The van der Waals surface area contributed by atoms with Gasteiger partial charge in [-0.05, 0) is 11.1 Å². The summed E-state index contributed by atoms with van der Waals surface area (Å²) in [5, 5.41) is 12.2. The number of benzene rings is 1. The zero-order valence-corrected chi connectivity index (χ0v) is 10.6. The van der Waals surface area contributed by atoms with Crippen molar-refractivity contribution in [2.45, 2.75) is 19.5 Å². The van der Waals surface area contributed by atoms with E-state index in [-0.39, 0.29) is 6.42 Å². The predicted molar refractivity (Wildman–Crippen MR) is 71.7 cm³/mol. The predicted octanol–water partition coefficient (Wildman–Crippen LogP) is 1.30. The minimum absolute atomic E-state index is 0.0688. The van der Waals surface area contributed by atoms with Crippen LogP contribution in [0.2, 0.25) is 0 Å². The van der Waals surface area contributed by atoms with Gasteiger partial charge >= 0.3 is 5.97 Å². The smallest absolute Gasteiger partial charge is 0.307 e. The number of aliphatic carboxylic acids is 1. The molecule has 0 aliphatic rings. The Hall–Kier alpha value is -2.14. The third kappa shape index (κ3) is 4.22. The summed E-state index contributed by atoms with van der Waals surface area (Å²) in [5.74, 6) is -0.800. The van der Waals surface area contributed by atoms with Gasteiger partial charge in [0.25, 0.3) is 0 Å². The van der Waals surface area contributed by atoms with Gasteiger partial charge in [0, 0.05) is 32.0 Å². The SMILES string of the molecule is O=C(O)Cc1ccccc1CNCCn1ccnc1. The number of nitrogens with one attached hydrogen (secondary N) is 1. The summed E-state index contributed by atoms with van der Waals surface area (Å²) in [6, 6.07) is 7.62. The molecule has 0 amide bonds. The number of imidazole rings is 1. The molecule has 1 heterocycles. The number of carboxylic acids is 1. The maximum atomic E-state index is 10.8. The van der Waals surface area contributed by atoms with Crippen LogP contribution in [0.1, 0.15) is 11.1 Å². The number of hydrogen-bond donors (Lipinski definition) is 2. The molecule has 0 aliphatic carbocycles. The molecular weight excluding hydrogens is 242 g/mol. The fraction of sp³-hybridized carbons (Fsp3) is 0.286. The third-order valence-corrected chi connectivity index (χ3v) is 2.88. The molecule has 0 saturated carbocycles. The van der Waals surface area contributed by atoms with Crippen LogP contribution < -0.4 is 5.32 Å². The molecule has 0 saturated heterocycles. The normalized spacial score (nSPS) is 10.5. The van der Waals surface area contributed by atoms with Crippen molar-refractivity contribution in [1.82, 2.24) is 14.9 Å². The van der Waals surface area contributed by atoms with Crippen molar-refractivity contribution in [3.8, 4) is 0 Å². The van der Waals surface area contributed by atoms with Crippen molar-refractivity contribution < 1.29 is 9.90 Å². The lowest BCUT2D eigenvalue weighted by atomic mass is 10.0.